The van der Waals surface area contributed by atoms with Crippen molar-refractivity contribution in [3.05, 3.63) is 35.9 Å². The number of carbonyl (C=O) groups is 1. The molecule has 1 aromatic rings. The summed E-state index contributed by atoms with van der Waals surface area (Å²) in [5.74, 6) is 0.613. The van der Waals surface area contributed by atoms with Gasteiger partial charge in [0.2, 0.25) is 0 Å². The van der Waals surface area contributed by atoms with Gasteiger partial charge in [0.05, 0.1) is 0 Å². The van der Waals surface area contributed by atoms with Crippen molar-refractivity contribution < 1.29 is 9.53 Å². The smallest absolute Gasteiger partial charge is 0.293 e. The molecule has 2 heteroatoms. The van der Waals surface area contributed by atoms with Crippen LogP contribution in [0.25, 0.3) is 0 Å². The van der Waals surface area contributed by atoms with Crippen molar-refractivity contribution in [3.63, 3.8) is 0 Å². The van der Waals surface area contributed by atoms with E-state index in [1.807, 2.05) is 0 Å². The van der Waals surface area contributed by atoms with Crippen LogP contribution in [0.2, 0.25) is 0 Å². The van der Waals surface area contributed by atoms with Crippen LogP contribution < -0.4 is 0 Å². The highest BCUT2D eigenvalue weighted by atomic mass is 16.5. The molecule has 1 unspecified atom stereocenters. The number of benzene rings is 1. The fourth-order valence-electron chi connectivity index (χ4n) is 3.13. The maximum absolute atomic E-state index is 10.6. The van der Waals surface area contributed by atoms with Crippen LogP contribution in [0.15, 0.2) is 30.3 Å². The lowest BCUT2D eigenvalue weighted by Gasteiger charge is -2.21. The normalized spacial score (nSPS) is 17.3. The van der Waals surface area contributed by atoms with Crippen molar-refractivity contribution in [3.8, 4) is 0 Å². The first kappa shape index (κ1) is 14.1. The van der Waals surface area contributed by atoms with E-state index in [2.05, 4.69) is 30.3 Å². The molecule has 1 aliphatic rings. The van der Waals surface area contributed by atoms with Gasteiger partial charge in [-0.25, -0.2) is 0 Å². The monoisotopic (exact) mass is 260 g/mol. The molecule has 104 valence electrons. The van der Waals surface area contributed by atoms with E-state index in [-0.39, 0.29) is 6.10 Å². The summed E-state index contributed by atoms with van der Waals surface area (Å²) in [7, 11) is 0. The number of rotatable bonds is 8. The van der Waals surface area contributed by atoms with Crippen molar-refractivity contribution >= 4 is 6.47 Å². The van der Waals surface area contributed by atoms with E-state index in [1.54, 1.807) is 0 Å². The average Bonchev–Trinajstić information content (AvgIpc) is 2.97. The Hall–Kier alpha value is -1.31. The number of hydrogen-bond acceptors (Lipinski definition) is 2. The molecule has 1 atom stereocenters. The van der Waals surface area contributed by atoms with Gasteiger partial charge in [0.15, 0.2) is 0 Å². The van der Waals surface area contributed by atoms with Crippen LogP contribution in [-0.4, -0.2) is 12.6 Å². The molecule has 0 N–H and O–H groups in total. The van der Waals surface area contributed by atoms with E-state index >= 15 is 0 Å². The quantitative estimate of drug-likeness (QED) is 0.519. The first-order chi connectivity index (χ1) is 9.40. The average molecular weight is 260 g/mol. The highest BCUT2D eigenvalue weighted by Gasteiger charge is 2.25. The Bertz CT molecular complexity index is 355. The molecular formula is C17H24O2. The fourth-order valence-corrected chi connectivity index (χ4v) is 3.13. The highest BCUT2D eigenvalue weighted by Crippen LogP contribution is 2.31. The Morgan fingerprint density at radius 2 is 1.89 bits per heavy atom. The van der Waals surface area contributed by atoms with Crippen molar-refractivity contribution in [2.75, 3.05) is 0 Å². The van der Waals surface area contributed by atoms with Gasteiger partial charge in [0.1, 0.15) is 6.10 Å². The van der Waals surface area contributed by atoms with Gasteiger partial charge in [-0.2, -0.15) is 0 Å². The van der Waals surface area contributed by atoms with E-state index in [9.17, 15) is 4.79 Å². The molecule has 0 aliphatic heterocycles. The lowest BCUT2D eigenvalue weighted by molar-refractivity contribution is -0.136. The molecule has 2 rings (SSSR count). The molecule has 1 saturated carbocycles. The van der Waals surface area contributed by atoms with Gasteiger partial charge in [-0.05, 0) is 50.0 Å². The number of unbranched alkanes of at least 4 members (excludes halogenated alkanes) is 1. The van der Waals surface area contributed by atoms with Crippen LogP contribution >= 0.6 is 0 Å². The number of aryl methyl sites for hydroxylation is 1. The van der Waals surface area contributed by atoms with Crippen LogP contribution in [0.4, 0.5) is 0 Å². The second-order valence-corrected chi connectivity index (χ2v) is 5.55. The van der Waals surface area contributed by atoms with Crippen LogP contribution in [0, 0.1) is 5.92 Å². The van der Waals surface area contributed by atoms with Gasteiger partial charge in [0, 0.05) is 0 Å². The van der Waals surface area contributed by atoms with Crippen LogP contribution in [0.3, 0.4) is 0 Å². The van der Waals surface area contributed by atoms with E-state index < -0.39 is 0 Å². The summed E-state index contributed by atoms with van der Waals surface area (Å²) in [4.78, 5) is 10.6. The first-order valence-corrected chi connectivity index (χ1v) is 7.53. The van der Waals surface area contributed by atoms with Crippen LogP contribution in [0.1, 0.15) is 50.5 Å². The van der Waals surface area contributed by atoms with E-state index in [0.717, 1.165) is 19.3 Å². The molecule has 0 spiro atoms. The fraction of sp³-hybridized carbons (Fsp3) is 0.588. The molecule has 0 aromatic heterocycles. The zero-order valence-electron chi connectivity index (χ0n) is 11.6. The SMILES string of the molecule is O=COC(CCCCc1ccccc1)C1CCCC1. The third kappa shape index (κ3) is 4.70. The minimum atomic E-state index is 0.163. The van der Waals surface area contributed by atoms with Crippen molar-refractivity contribution in [1.82, 2.24) is 0 Å². The summed E-state index contributed by atoms with van der Waals surface area (Å²) in [6.45, 7) is 0.639. The van der Waals surface area contributed by atoms with Crippen molar-refractivity contribution in [2.45, 2.75) is 57.5 Å². The Morgan fingerprint density at radius 1 is 1.16 bits per heavy atom. The largest absolute Gasteiger partial charge is 0.464 e. The second kappa shape index (κ2) is 7.98. The molecule has 19 heavy (non-hydrogen) atoms. The van der Waals surface area contributed by atoms with Gasteiger partial charge < -0.3 is 4.74 Å². The van der Waals surface area contributed by atoms with Gasteiger partial charge in [-0.3, -0.25) is 4.79 Å². The highest BCUT2D eigenvalue weighted by molar-refractivity contribution is 5.37. The van der Waals surface area contributed by atoms with Gasteiger partial charge in [0.25, 0.3) is 6.47 Å². The number of carbonyl (C=O) groups excluding carboxylic acids is 1. The summed E-state index contributed by atoms with van der Waals surface area (Å²) < 4.78 is 5.30. The molecule has 1 fully saturated rings. The standard InChI is InChI=1S/C17H24O2/c18-14-19-17(16-11-5-6-12-16)13-7-4-10-15-8-2-1-3-9-15/h1-3,8-9,14,16-17H,4-7,10-13H2. The summed E-state index contributed by atoms with van der Waals surface area (Å²) in [6.07, 6.45) is 9.69. The summed E-state index contributed by atoms with van der Waals surface area (Å²) in [5.41, 5.74) is 1.40. The maximum atomic E-state index is 10.6. The minimum Gasteiger partial charge on any atom is -0.464 e. The Labute approximate surface area is 116 Å². The Morgan fingerprint density at radius 3 is 2.58 bits per heavy atom. The predicted molar refractivity (Wildman–Crippen MR) is 76.9 cm³/mol. The third-order valence-electron chi connectivity index (χ3n) is 4.20. The Kier molecular flexibility index (Phi) is 5.93. The zero-order valence-corrected chi connectivity index (χ0v) is 11.6. The van der Waals surface area contributed by atoms with E-state index in [4.69, 9.17) is 4.74 Å². The topological polar surface area (TPSA) is 26.3 Å². The van der Waals surface area contributed by atoms with Crippen LogP contribution in [0.5, 0.6) is 0 Å². The summed E-state index contributed by atoms with van der Waals surface area (Å²) in [6, 6.07) is 10.6. The molecule has 0 amide bonds. The molecule has 0 heterocycles. The molecule has 0 saturated heterocycles. The lowest BCUT2D eigenvalue weighted by atomic mass is 9.95. The summed E-state index contributed by atoms with van der Waals surface area (Å²) >= 11 is 0. The van der Waals surface area contributed by atoms with E-state index in [1.165, 1.54) is 37.7 Å². The van der Waals surface area contributed by atoms with E-state index in [0.29, 0.717) is 12.4 Å². The van der Waals surface area contributed by atoms with Gasteiger partial charge >= 0.3 is 0 Å². The molecule has 1 aromatic carbocycles. The molecule has 0 bridgehead atoms. The van der Waals surface area contributed by atoms with Crippen molar-refractivity contribution in [1.29, 1.82) is 0 Å². The molecule has 0 radical (unpaired) electrons. The van der Waals surface area contributed by atoms with Crippen molar-refractivity contribution in [2.24, 2.45) is 5.92 Å². The van der Waals surface area contributed by atoms with Crippen LogP contribution in [-0.2, 0) is 16.0 Å². The maximum Gasteiger partial charge on any atom is 0.293 e. The van der Waals surface area contributed by atoms with Gasteiger partial charge in [-0.15, -0.1) is 0 Å². The second-order valence-electron chi connectivity index (χ2n) is 5.55. The molecular weight excluding hydrogens is 236 g/mol. The first-order valence-electron chi connectivity index (χ1n) is 7.53. The number of hydrogen-bond donors (Lipinski definition) is 0. The minimum absolute atomic E-state index is 0.163. The Balaban J connectivity index is 1.68. The molecule has 2 nitrogen and oxygen atoms in total. The zero-order chi connectivity index (χ0) is 13.3. The number of ether oxygens (including phenoxy) is 1. The molecule has 1 aliphatic carbocycles. The third-order valence-corrected chi connectivity index (χ3v) is 4.20. The lowest BCUT2D eigenvalue weighted by Crippen LogP contribution is -2.21. The summed E-state index contributed by atoms with van der Waals surface area (Å²) in [5, 5.41) is 0. The van der Waals surface area contributed by atoms with Gasteiger partial charge in [-0.1, -0.05) is 43.2 Å². The predicted octanol–water partition coefficient (Wildman–Crippen LogP) is 4.13.